The number of primary amides is 1. The molecule has 0 aliphatic rings. The molecule has 0 saturated carbocycles. The van der Waals surface area contributed by atoms with E-state index in [1.54, 1.807) is 30.3 Å². The number of hydrazone groups is 1. The van der Waals surface area contributed by atoms with Gasteiger partial charge in [-0.05, 0) is 55.0 Å². The van der Waals surface area contributed by atoms with Crippen molar-refractivity contribution in [3.63, 3.8) is 0 Å². The molecule has 0 aliphatic heterocycles. The van der Waals surface area contributed by atoms with Gasteiger partial charge in [-0.25, -0.2) is 5.43 Å². The number of hydrogen-bond donors (Lipinski definition) is 2. The molecule has 3 N–H and O–H groups in total. The minimum Gasteiger partial charge on any atom is -0.490 e. The molecular weight excluding hydrogens is 402 g/mol. The summed E-state index contributed by atoms with van der Waals surface area (Å²) in [6.07, 6.45) is 1.49. The van der Waals surface area contributed by atoms with Crippen molar-refractivity contribution in [2.45, 2.75) is 11.8 Å². The van der Waals surface area contributed by atoms with Crippen LogP contribution >= 0.6 is 23.4 Å². The maximum absolute atomic E-state index is 11.9. The Hall–Kier alpha value is -2.71. The number of nitrogens with zero attached hydrogens (tertiary/aromatic N) is 1. The van der Waals surface area contributed by atoms with Crippen LogP contribution in [-0.2, 0) is 9.59 Å². The van der Waals surface area contributed by atoms with Crippen molar-refractivity contribution in [3.05, 3.63) is 53.1 Å². The van der Waals surface area contributed by atoms with E-state index >= 15 is 0 Å². The van der Waals surface area contributed by atoms with E-state index < -0.39 is 5.91 Å². The predicted molar refractivity (Wildman–Crippen MR) is 110 cm³/mol. The molecule has 2 aromatic carbocycles. The van der Waals surface area contributed by atoms with Gasteiger partial charge < -0.3 is 15.2 Å². The van der Waals surface area contributed by atoms with Gasteiger partial charge in [0.1, 0.15) is 0 Å². The molecule has 0 aromatic heterocycles. The Balaban J connectivity index is 1.89. The monoisotopic (exact) mass is 421 g/mol. The number of halogens is 1. The highest BCUT2D eigenvalue weighted by atomic mass is 35.5. The second-order valence-corrected chi connectivity index (χ2v) is 6.92. The molecule has 0 aliphatic carbocycles. The quantitative estimate of drug-likeness (QED) is 0.349. The number of ether oxygens (including phenoxy) is 2. The Kier molecular flexibility index (Phi) is 8.64. The van der Waals surface area contributed by atoms with Crippen molar-refractivity contribution in [1.29, 1.82) is 0 Å². The first-order valence-electron chi connectivity index (χ1n) is 8.36. The Bertz CT molecular complexity index is 844. The number of nitrogens with one attached hydrogen (secondary N) is 1. The molecule has 0 bridgehead atoms. The molecule has 2 aromatic rings. The number of carbonyl (C=O) groups excluding carboxylic acids is 2. The van der Waals surface area contributed by atoms with E-state index in [1.807, 2.05) is 19.1 Å². The summed E-state index contributed by atoms with van der Waals surface area (Å²) >= 11 is 7.21. The normalized spacial score (nSPS) is 10.6. The number of amides is 2. The van der Waals surface area contributed by atoms with Crippen LogP contribution in [0.1, 0.15) is 12.5 Å². The first-order chi connectivity index (χ1) is 13.5. The molecule has 0 spiro atoms. The number of benzene rings is 2. The average molecular weight is 422 g/mol. The summed E-state index contributed by atoms with van der Waals surface area (Å²) in [5, 5.41) is 4.59. The van der Waals surface area contributed by atoms with Crippen LogP contribution in [0.2, 0.25) is 5.02 Å². The van der Waals surface area contributed by atoms with Gasteiger partial charge in [0.25, 0.3) is 5.91 Å². The number of hydrogen-bond acceptors (Lipinski definition) is 6. The number of nitrogens with two attached hydrogens (primary N) is 1. The van der Waals surface area contributed by atoms with Crippen molar-refractivity contribution in [2.75, 3.05) is 19.0 Å². The first kappa shape index (κ1) is 21.6. The third-order valence-corrected chi connectivity index (χ3v) is 4.49. The molecule has 7 nitrogen and oxygen atoms in total. The van der Waals surface area contributed by atoms with Crippen molar-refractivity contribution in [2.24, 2.45) is 10.8 Å². The van der Waals surface area contributed by atoms with Crippen LogP contribution in [0.15, 0.2) is 52.5 Å². The van der Waals surface area contributed by atoms with E-state index in [2.05, 4.69) is 10.5 Å². The van der Waals surface area contributed by atoms with E-state index in [0.29, 0.717) is 28.7 Å². The molecule has 0 heterocycles. The highest BCUT2D eigenvalue weighted by molar-refractivity contribution is 8.00. The molecule has 0 saturated heterocycles. The lowest BCUT2D eigenvalue weighted by Gasteiger charge is -2.11. The number of rotatable bonds is 10. The van der Waals surface area contributed by atoms with E-state index in [-0.39, 0.29) is 18.3 Å². The lowest BCUT2D eigenvalue weighted by atomic mass is 10.2. The highest BCUT2D eigenvalue weighted by Gasteiger charge is 2.07. The minimum atomic E-state index is -0.577. The summed E-state index contributed by atoms with van der Waals surface area (Å²) in [5.41, 5.74) is 8.25. The number of thioether (sulfide) groups is 1. The Morgan fingerprint density at radius 3 is 2.61 bits per heavy atom. The fourth-order valence-corrected chi connectivity index (χ4v) is 2.85. The molecule has 0 atom stereocenters. The van der Waals surface area contributed by atoms with Gasteiger partial charge >= 0.3 is 0 Å². The zero-order chi connectivity index (χ0) is 20.4. The molecular formula is C19H20ClN3O4S. The van der Waals surface area contributed by atoms with Crippen LogP contribution < -0.4 is 20.6 Å². The van der Waals surface area contributed by atoms with Crippen LogP contribution in [0.3, 0.4) is 0 Å². The van der Waals surface area contributed by atoms with Crippen LogP contribution in [0.25, 0.3) is 0 Å². The molecule has 0 unspecified atom stereocenters. The van der Waals surface area contributed by atoms with Gasteiger partial charge in [0.2, 0.25) is 5.91 Å². The fraction of sp³-hybridized carbons (Fsp3) is 0.211. The second-order valence-electron chi connectivity index (χ2n) is 5.43. The van der Waals surface area contributed by atoms with Gasteiger partial charge in [-0.2, -0.15) is 5.10 Å². The van der Waals surface area contributed by atoms with Crippen molar-refractivity contribution >= 4 is 41.4 Å². The topological polar surface area (TPSA) is 103 Å². The van der Waals surface area contributed by atoms with Crippen LogP contribution in [-0.4, -0.2) is 37.0 Å². The summed E-state index contributed by atoms with van der Waals surface area (Å²) in [7, 11) is 0. The third-order valence-electron chi connectivity index (χ3n) is 3.22. The van der Waals surface area contributed by atoms with Gasteiger partial charge in [-0.3, -0.25) is 9.59 Å². The van der Waals surface area contributed by atoms with E-state index in [1.165, 1.54) is 18.0 Å². The largest absolute Gasteiger partial charge is 0.490 e. The lowest BCUT2D eigenvalue weighted by molar-refractivity contribution is -0.120. The zero-order valence-electron chi connectivity index (χ0n) is 15.2. The predicted octanol–water partition coefficient (Wildman–Crippen LogP) is 2.85. The van der Waals surface area contributed by atoms with E-state index in [0.717, 1.165) is 4.90 Å². The third kappa shape index (κ3) is 7.50. The van der Waals surface area contributed by atoms with Crippen LogP contribution in [0.5, 0.6) is 11.5 Å². The summed E-state index contributed by atoms with van der Waals surface area (Å²) in [4.78, 5) is 23.7. The SMILES string of the molecule is CCOc1cc(/C=N\NC(=O)CSc2ccc(Cl)cc2)ccc1OCC(N)=O. The summed E-state index contributed by atoms with van der Waals surface area (Å²) in [6.45, 7) is 2.01. The first-order valence-corrected chi connectivity index (χ1v) is 9.72. The van der Waals surface area contributed by atoms with Crippen molar-refractivity contribution in [3.8, 4) is 11.5 Å². The molecule has 28 heavy (non-hydrogen) atoms. The molecule has 2 amide bonds. The van der Waals surface area contributed by atoms with Crippen LogP contribution in [0, 0.1) is 0 Å². The molecule has 2 rings (SSSR count). The maximum Gasteiger partial charge on any atom is 0.255 e. The highest BCUT2D eigenvalue weighted by Crippen LogP contribution is 2.28. The van der Waals surface area contributed by atoms with Gasteiger partial charge in [-0.15, -0.1) is 11.8 Å². The summed E-state index contributed by atoms with van der Waals surface area (Å²) in [5.74, 6) is 0.275. The standard InChI is InChI=1S/C19H20ClN3O4S/c1-2-26-17-9-13(3-8-16(17)27-11-18(21)24)10-22-23-19(25)12-28-15-6-4-14(20)5-7-15/h3-10H,2,11-12H2,1H3,(H2,21,24)(H,23,25)/b22-10-. The molecule has 0 fully saturated rings. The Morgan fingerprint density at radius 1 is 1.18 bits per heavy atom. The Morgan fingerprint density at radius 2 is 1.93 bits per heavy atom. The van der Waals surface area contributed by atoms with Crippen molar-refractivity contribution < 1.29 is 19.1 Å². The zero-order valence-corrected chi connectivity index (χ0v) is 16.8. The van der Waals surface area contributed by atoms with Gasteiger partial charge in [0.15, 0.2) is 18.1 Å². The average Bonchev–Trinajstić information content (AvgIpc) is 2.67. The maximum atomic E-state index is 11.9. The van der Waals surface area contributed by atoms with E-state index in [4.69, 9.17) is 26.8 Å². The molecule has 9 heteroatoms. The lowest BCUT2D eigenvalue weighted by Crippen LogP contribution is -2.20. The Labute approximate surface area is 172 Å². The fourth-order valence-electron chi connectivity index (χ4n) is 2.03. The van der Waals surface area contributed by atoms with Crippen molar-refractivity contribution in [1.82, 2.24) is 5.43 Å². The van der Waals surface area contributed by atoms with Crippen LogP contribution in [0.4, 0.5) is 0 Å². The summed E-state index contributed by atoms with van der Waals surface area (Å²) < 4.78 is 10.8. The number of carbonyl (C=O) groups is 2. The van der Waals surface area contributed by atoms with Gasteiger partial charge in [0.05, 0.1) is 18.6 Å². The minimum absolute atomic E-state index is 0.225. The van der Waals surface area contributed by atoms with E-state index in [9.17, 15) is 9.59 Å². The second kappa shape index (κ2) is 11.2. The van der Waals surface area contributed by atoms with Gasteiger partial charge in [0, 0.05) is 9.92 Å². The molecule has 0 radical (unpaired) electrons. The van der Waals surface area contributed by atoms with Gasteiger partial charge in [-0.1, -0.05) is 11.6 Å². The smallest absolute Gasteiger partial charge is 0.255 e. The molecule has 148 valence electrons. The summed E-state index contributed by atoms with van der Waals surface area (Å²) in [6, 6.07) is 12.3.